The van der Waals surface area contributed by atoms with Gasteiger partial charge in [-0.2, -0.15) is 0 Å². The molecule has 0 spiro atoms. The van der Waals surface area contributed by atoms with Gasteiger partial charge in [0.2, 0.25) is 0 Å². The third kappa shape index (κ3) is 3.69. The van der Waals surface area contributed by atoms with Gasteiger partial charge in [0.25, 0.3) is 0 Å². The quantitative estimate of drug-likeness (QED) is 0.468. The van der Waals surface area contributed by atoms with Crippen LogP contribution in [0, 0.1) is 0 Å². The number of thiophene rings is 1. The van der Waals surface area contributed by atoms with Gasteiger partial charge in [0.05, 0.1) is 36.1 Å². The van der Waals surface area contributed by atoms with Gasteiger partial charge in [-0.25, -0.2) is 15.0 Å². The second-order valence-corrected chi connectivity index (χ2v) is 9.85. The van der Waals surface area contributed by atoms with Crippen LogP contribution in [0.1, 0.15) is 25.3 Å². The molecule has 2 N–H and O–H groups in total. The van der Waals surface area contributed by atoms with Gasteiger partial charge in [-0.1, -0.05) is 0 Å². The number of aromatic amines is 1. The minimum Gasteiger partial charge on any atom is -0.395 e. The molecule has 8 nitrogen and oxygen atoms in total. The summed E-state index contributed by atoms with van der Waals surface area (Å²) in [7, 11) is 0. The van der Waals surface area contributed by atoms with Crippen LogP contribution >= 0.6 is 11.3 Å². The summed E-state index contributed by atoms with van der Waals surface area (Å²) in [6, 6.07) is 4.52. The van der Waals surface area contributed by atoms with E-state index in [2.05, 4.69) is 32.1 Å². The van der Waals surface area contributed by atoms with Gasteiger partial charge in [-0.15, -0.1) is 11.3 Å². The molecule has 0 aliphatic carbocycles. The van der Waals surface area contributed by atoms with E-state index < -0.39 is 0 Å². The van der Waals surface area contributed by atoms with Gasteiger partial charge in [0, 0.05) is 48.0 Å². The van der Waals surface area contributed by atoms with Gasteiger partial charge < -0.3 is 19.7 Å². The number of pyridine rings is 1. The Morgan fingerprint density at radius 2 is 2.21 bits per heavy atom. The first-order valence-electron chi connectivity index (χ1n) is 11.6. The van der Waals surface area contributed by atoms with Crippen LogP contribution in [-0.4, -0.2) is 74.9 Å². The van der Waals surface area contributed by atoms with Crippen molar-refractivity contribution in [2.45, 2.75) is 38.4 Å². The zero-order valence-corrected chi connectivity index (χ0v) is 19.5. The molecule has 0 aromatic carbocycles. The number of rotatable bonds is 5. The fourth-order valence-corrected chi connectivity index (χ4v) is 6.11. The lowest BCUT2D eigenvalue weighted by molar-refractivity contribution is 0.0987. The number of aromatic nitrogens is 4. The lowest BCUT2D eigenvalue weighted by Crippen LogP contribution is -2.44. The number of nitrogens with zero attached hydrogens (tertiary/aromatic N) is 5. The van der Waals surface area contributed by atoms with E-state index in [9.17, 15) is 5.11 Å². The van der Waals surface area contributed by atoms with Crippen LogP contribution in [0.5, 0.6) is 0 Å². The van der Waals surface area contributed by atoms with Crippen molar-refractivity contribution in [1.29, 1.82) is 0 Å². The maximum atomic E-state index is 9.80. The average Bonchev–Trinajstić information content (AvgIpc) is 3.59. The SMILES string of the molecule is C[C@@H]1COCCN1c1nc(-c2ccnc3[nH]ccc23)nc2c(CN3CCC[C@H]3CO)csc12. The molecule has 9 heteroatoms. The lowest BCUT2D eigenvalue weighted by Gasteiger charge is -2.34. The molecule has 0 saturated carbocycles. The molecule has 0 radical (unpaired) electrons. The van der Waals surface area contributed by atoms with Crippen LogP contribution in [0.4, 0.5) is 5.82 Å². The molecule has 33 heavy (non-hydrogen) atoms. The van der Waals surface area contributed by atoms with E-state index in [4.69, 9.17) is 14.7 Å². The summed E-state index contributed by atoms with van der Waals surface area (Å²) in [6.07, 6.45) is 5.90. The molecule has 2 atom stereocenters. The number of fused-ring (bicyclic) bond motifs is 2. The standard InChI is InChI=1S/C24H28N6O2S/c1-15-13-32-10-9-30(15)24-21-20(16(14-33-21)11-29-8-2-3-17(29)12-31)27-23(28-24)19-5-7-26-22-18(19)4-6-25-22/h4-7,14-15,17,31H,2-3,8-13H2,1H3,(H,25,26)/t15-,17+/m1/s1. The summed E-state index contributed by atoms with van der Waals surface area (Å²) in [5.74, 6) is 1.71. The number of likely N-dealkylation sites (tertiary alicyclic amines) is 1. The third-order valence-corrected chi connectivity index (χ3v) is 7.91. The van der Waals surface area contributed by atoms with E-state index >= 15 is 0 Å². The maximum absolute atomic E-state index is 9.80. The molecular formula is C24H28N6O2S. The van der Waals surface area contributed by atoms with Crippen molar-refractivity contribution in [1.82, 2.24) is 24.8 Å². The first kappa shape index (κ1) is 21.0. The van der Waals surface area contributed by atoms with Gasteiger partial charge in [0.15, 0.2) is 11.6 Å². The van der Waals surface area contributed by atoms with E-state index in [1.165, 1.54) is 5.56 Å². The molecule has 4 aromatic heterocycles. The summed E-state index contributed by atoms with van der Waals surface area (Å²) >= 11 is 1.72. The van der Waals surface area contributed by atoms with E-state index in [0.29, 0.717) is 13.2 Å². The Balaban J connectivity index is 1.51. The Kier molecular flexibility index (Phi) is 5.49. The van der Waals surface area contributed by atoms with Crippen LogP contribution in [0.15, 0.2) is 29.9 Å². The molecule has 0 unspecified atom stereocenters. The summed E-state index contributed by atoms with van der Waals surface area (Å²) in [6.45, 7) is 6.43. The predicted octanol–water partition coefficient (Wildman–Crippen LogP) is 3.42. The number of H-pyrrole nitrogens is 1. The largest absolute Gasteiger partial charge is 0.395 e. The summed E-state index contributed by atoms with van der Waals surface area (Å²) in [5, 5.41) is 13.1. The van der Waals surface area contributed by atoms with Crippen LogP contribution < -0.4 is 4.90 Å². The van der Waals surface area contributed by atoms with Crippen molar-refractivity contribution in [3.05, 3.63) is 35.5 Å². The number of nitrogens with one attached hydrogen (secondary N) is 1. The highest BCUT2D eigenvalue weighted by Gasteiger charge is 2.28. The van der Waals surface area contributed by atoms with E-state index in [-0.39, 0.29) is 18.7 Å². The number of hydrogen-bond acceptors (Lipinski definition) is 8. The zero-order chi connectivity index (χ0) is 22.4. The molecule has 2 saturated heterocycles. The number of morpholine rings is 1. The summed E-state index contributed by atoms with van der Waals surface area (Å²) in [5.41, 5.74) is 4.05. The molecule has 172 valence electrons. The smallest absolute Gasteiger partial charge is 0.163 e. The summed E-state index contributed by atoms with van der Waals surface area (Å²) < 4.78 is 6.83. The fraction of sp³-hybridized carbons (Fsp3) is 0.458. The molecule has 2 aliphatic heterocycles. The Bertz CT molecular complexity index is 1290. The average molecular weight is 465 g/mol. The predicted molar refractivity (Wildman–Crippen MR) is 131 cm³/mol. The van der Waals surface area contributed by atoms with Crippen molar-refractivity contribution in [3.8, 4) is 11.4 Å². The van der Waals surface area contributed by atoms with E-state index in [1.54, 1.807) is 11.3 Å². The summed E-state index contributed by atoms with van der Waals surface area (Å²) in [4.78, 5) is 22.6. The van der Waals surface area contributed by atoms with Crippen LogP contribution in [-0.2, 0) is 11.3 Å². The minimum atomic E-state index is 0.210. The second kappa shape index (κ2) is 8.64. The Hall–Kier alpha value is -2.59. The molecule has 6 heterocycles. The number of ether oxygens (including phenoxy) is 1. The first-order chi connectivity index (χ1) is 16.2. The van der Waals surface area contributed by atoms with Crippen molar-refractivity contribution in [2.24, 2.45) is 0 Å². The van der Waals surface area contributed by atoms with Crippen LogP contribution in [0.25, 0.3) is 32.6 Å². The van der Waals surface area contributed by atoms with Crippen molar-refractivity contribution in [3.63, 3.8) is 0 Å². The number of aliphatic hydroxyl groups excluding tert-OH is 1. The monoisotopic (exact) mass is 464 g/mol. The third-order valence-electron chi connectivity index (χ3n) is 6.89. The van der Waals surface area contributed by atoms with Crippen molar-refractivity contribution >= 4 is 38.4 Å². The topological polar surface area (TPSA) is 90.4 Å². The maximum Gasteiger partial charge on any atom is 0.163 e. The number of aliphatic hydroxyl groups is 1. The highest BCUT2D eigenvalue weighted by Crippen LogP contribution is 2.37. The number of anilines is 1. The molecule has 0 amide bonds. The second-order valence-electron chi connectivity index (χ2n) is 8.97. The Morgan fingerprint density at radius 1 is 1.27 bits per heavy atom. The molecule has 0 bridgehead atoms. The Morgan fingerprint density at radius 3 is 3.09 bits per heavy atom. The van der Waals surface area contributed by atoms with Crippen molar-refractivity contribution in [2.75, 3.05) is 37.8 Å². The normalized spacial score (nSPS) is 22.1. The zero-order valence-electron chi connectivity index (χ0n) is 18.7. The van der Waals surface area contributed by atoms with Gasteiger partial charge >= 0.3 is 0 Å². The van der Waals surface area contributed by atoms with Gasteiger partial charge in [-0.3, -0.25) is 4.90 Å². The highest BCUT2D eigenvalue weighted by atomic mass is 32.1. The molecule has 2 fully saturated rings. The number of hydrogen-bond donors (Lipinski definition) is 2. The van der Waals surface area contributed by atoms with Gasteiger partial charge in [0.1, 0.15) is 5.65 Å². The van der Waals surface area contributed by atoms with Crippen molar-refractivity contribution < 1.29 is 9.84 Å². The first-order valence-corrected chi connectivity index (χ1v) is 12.5. The molecule has 2 aliphatic rings. The molecular weight excluding hydrogens is 436 g/mol. The molecule has 6 rings (SSSR count). The lowest BCUT2D eigenvalue weighted by atomic mass is 10.1. The Labute approximate surface area is 196 Å². The minimum absolute atomic E-state index is 0.210. The van der Waals surface area contributed by atoms with E-state index in [0.717, 1.165) is 70.9 Å². The van der Waals surface area contributed by atoms with E-state index in [1.807, 2.05) is 24.5 Å². The van der Waals surface area contributed by atoms with Crippen LogP contribution in [0.3, 0.4) is 0 Å². The van der Waals surface area contributed by atoms with Crippen LogP contribution in [0.2, 0.25) is 0 Å². The highest BCUT2D eigenvalue weighted by molar-refractivity contribution is 7.18. The fourth-order valence-electron chi connectivity index (χ4n) is 5.10. The molecule has 4 aromatic rings. The van der Waals surface area contributed by atoms with Gasteiger partial charge in [-0.05, 0) is 43.8 Å².